The van der Waals surface area contributed by atoms with Gasteiger partial charge in [0.15, 0.2) is 0 Å². The second kappa shape index (κ2) is 11.7. The van der Waals surface area contributed by atoms with Crippen LogP contribution in [0.5, 0.6) is 5.75 Å². The van der Waals surface area contributed by atoms with E-state index in [1.807, 2.05) is 27.9 Å². The first-order chi connectivity index (χ1) is 16.2. The molecule has 1 aromatic carbocycles. The SMILES string of the molecule is CC(C)C(=O)Nc1ccc2c(c1)C(=O)N(C)[C@H]1CC[C@@H](CC(=O)NCCCN(C)C)O[C@H]1CO2. The molecular formula is C25H38N4O5. The third-order valence-electron chi connectivity index (χ3n) is 6.32. The standard InChI is InChI=1S/C25H38N4O5/c1-16(2)24(31)27-17-7-10-21-19(13-17)25(32)29(5)20-9-8-18(34-22(20)15-33-21)14-23(30)26-11-6-12-28(3)4/h7,10,13,16,18,20,22H,6,8-9,11-12,14-15H2,1-5H3,(H,26,30)(H,27,31)/t18-,20-,22-/m0/s1. The highest BCUT2D eigenvalue weighted by Gasteiger charge is 2.39. The van der Waals surface area contributed by atoms with Crippen LogP contribution in [0.25, 0.3) is 0 Å². The van der Waals surface area contributed by atoms with Crippen molar-refractivity contribution < 1.29 is 23.9 Å². The van der Waals surface area contributed by atoms with Crippen LogP contribution in [0.4, 0.5) is 5.69 Å². The van der Waals surface area contributed by atoms with Crippen molar-refractivity contribution in [3.05, 3.63) is 23.8 Å². The number of nitrogens with zero attached hydrogens (tertiary/aromatic N) is 2. The van der Waals surface area contributed by atoms with Crippen molar-refractivity contribution in [1.29, 1.82) is 0 Å². The second-order valence-corrected chi connectivity index (χ2v) is 9.73. The molecular weight excluding hydrogens is 436 g/mol. The van der Waals surface area contributed by atoms with Crippen LogP contribution in [-0.2, 0) is 14.3 Å². The minimum Gasteiger partial charge on any atom is -0.490 e. The lowest BCUT2D eigenvalue weighted by atomic mass is 9.94. The highest BCUT2D eigenvalue weighted by Crippen LogP contribution is 2.32. The summed E-state index contributed by atoms with van der Waals surface area (Å²) in [7, 11) is 5.79. The molecule has 0 bridgehead atoms. The maximum absolute atomic E-state index is 13.3. The number of anilines is 1. The van der Waals surface area contributed by atoms with Crippen molar-refractivity contribution >= 4 is 23.4 Å². The number of benzene rings is 1. The van der Waals surface area contributed by atoms with Gasteiger partial charge in [0.1, 0.15) is 18.5 Å². The fourth-order valence-electron chi connectivity index (χ4n) is 4.29. The van der Waals surface area contributed by atoms with Gasteiger partial charge in [-0.2, -0.15) is 0 Å². The topological polar surface area (TPSA) is 100 Å². The van der Waals surface area contributed by atoms with Gasteiger partial charge in [-0.25, -0.2) is 0 Å². The molecule has 9 nitrogen and oxygen atoms in total. The van der Waals surface area contributed by atoms with E-state index in [9.17, 15) is 14.4 Å². The van der Waals surface area contributed by atoms with Gasteiger partial charge in [0.05, 0.1) is 24.1 Å². The van der Waals surface area contributed by atoms with Crippen LogP contribution in [0.3, 0.4) is 0 Å². The molecule has 34 heavy (non-hydrogen) atoms. The third kappa shape index (κ3) is 6.70. The van der Waals surface area contributed by atoms with Crippen molar-refractivity contribution in [1.82, 2.24) is 15.1 Å². The monoisotopic (exact) mass is 474 g/mol. The summed E-state index contributed by atoms with van der Waals surface area (Å²) < 4.78 is 12.2. The van der Waals surface area contributed by atoms with Gasteiger partial charge in [-0.1, -0.05) is 13.8 Å². The van der Waals surface area contributed by atoms with Gasteiger partial charge in [-0.15, -0.1) is 0 Å². The highest BCUT2D eigenvalue weighted by atomic mass is 16.5. The Morgan fingerprint density at radius 1 is 1.24 bits per heavy atom. The number of fused-ring (bicyclic) bond motifs is 2. The van der Waals surface area contributed by atoms with Gasteiger partial charge in [-0.3, -0.25) is 14.4 Å². The van der Waals surface area contributed by atoms with Gasteiger partial charge in [0.2, 0.25) is 11.8 Å². The van der Waals surface area contributed by atoms with Crippen LogP contribution >= 0.6 is 0 Å². The average molecular weight is 475 g/mol. The van der Waals surface area contributed by atoms with Gasteiger partial charge in [0.25, 0.3) is 5.91 Å². The Morgan fingerprint density at radius 2 is 2.00 bits per heavy atom. The fourth-order valence-corrected chi connectivity index (χ4v) is 4.29. The predicted molar refractivity (Wildman–Crippen MR) is 130 cm³/mol. The Labute approximate surface area is 202 Å². The molecule has 0 saturated carbocycles. The zero-order chi connectivity index (χ0) is 24.8. The van der Waals surface area contributed by atoms with Crippen LogP contribution in [0.15, 0.2) is 18.2 Å². The Hall–Kier alpha value is -2.65. The number of ether oxygens (including phenoxy) is 2. The molecule has 2 N–H and O–H groups in total. The smallest absolute Gasteiger partial charge is 0.257 e. The lowest BCUT2D eigenvalue weighted by molar-refractivity contribution is -0.134. The molecule has 2 aliphatic rings. The lowest BCUT2D eigenvalue weighted by Gasteiger charge is -2.42. The molecule has 1 aromatic rings. The minimum atomic E-state index is -0.317. The van der Waals surface area contributed by atoms with Gasteiger partial charge in [0, 0.05) is 25.2 Å². The molecule has 3 amide bonds. The largest absolute Gasteiger partial charge is 0.490 e. The van der Waals surface area contributed by atoms with E-state index in [1.54, 1.807) is 30.1 Å². The quantitative estimate of drug-likeness (QED) is 0.560. The van der Waals surface area contributed by atoms with E-state index in [-0.39, 0.29) is 48.5 Å². The summed E-state index contributed by atoms with van der Waals surface area (Å²) in [6.45, 7) is 5.49. The van der Waals surface area contributed by atoms with Crippen LogP contribution in [0.1, 0.15) is 49.9 Å². The van der Waals surface area contributed by atoms with Crippen LogP contribution in [-0.4, -0.2) is 86.6 Å². The number of amides is 3. The van der Waals surface area contributed by atoms with Crippen LogP contribution in [0, 0.1) is 5.92 Å². The molecule has 0 aliphatic carbocycles. The minimum absolute atomic E-state index is 0.0141. The normalized spacial score (nSPS) is 22.4. The first kappa shape index (κ1) is 26.0. The Bertz CT molecular complexity index is 888. The zero-order valence-corrected chi connectivity index (χ0v) is 20.9. The van der Waals surface area contributed by atoms with E-state index in [0.717, 1.165) is 19.4 Å². The molecule has 3 atom stereocenters. The van der Waals surface area contributed by atoms with Crippen molar-refractivity contribution in [2.24, 2.45) is 5.92 Å². The summed E-state index contributed by atoms with van der Waals surface area (Å²) in [4.78, 5) is 41.5. The average Bonchev–Trinajstić information content (AvgIpc) is 2.79. The Morgan fingerprint density at radius 3 is 2.71 bits per heavy atom. The third-order valence-corrected chi connectivity index (χ3v) is 6.32. The summed E-state index contributed by atoms with van der Waals surface area (Å²) >= 11 is 0. The summed E-state index contributed by atoms with van der Waals surface area (Å²) in [5, 5.41) is 5.80. The van der Waals surface area contributed by atoms with Crippen LogP contribution < -0.4 is 15.4 Å². The van der Waals surface area contributed by atoms with Crippen molar-refractivity contribution in [2.45, 2.75) is 57.8 Å². The molecule has 0 unspecified atom stereocenters. The number of hydrogen-bond donors (Lipinski definition) is 2. The first-order valence-corrected chi connectivity index (χ1v) is 12.1. The molecule has 0 spiro atoms. The molecule has 9 heteroatoms. The summed E-state index contributed by atoms with van der Waals surface area (Å²) in [5.41, 5.74) is 0.984. The number of carbonyl (C=O) groups is 3. The van der Waals surface area contributed by atoms with Gasteiger partial charge in [-0.05, 0) is 58.1 Å². The molecule has 2 heterocycles. The molecule has 1 fully saturated rings. The van der Waals surface area contributed by atoms with E-state index in [2.05, 4.69) is 15.5 Å². The molecule has 2 aliphatic heterocycles. The van der Waals surface area contributed by atoms with E-state index in [1.165, 1.54) is 0 Å². The number of carbonyl (C=O) groups excluding carboxylic acids is 3. The van der Waals surface area contributed by atoms with Crippen molar-refractivity contribution in [2.75, 3.05) is 46.2 Å². The number of likely N-dealkylation sites (N-methyl/N-ethyl adjacent to an activating group) is 1. The van der Waals surface area contributed by atoms with E-state index in [4.69, 9.17) is 9.47 Å². The lowest BCUT2D eigenvalue weighted by Crippen LogP contribution is -2.54. The molecule has 3 rings (SSSR count). The number of rotatable bonds is 8. The Balaban J connectivity index is 1.62. The number of hydrogen-bond acceptors (Lipinski definition) is 6. The highest BCUT2D eigenvalue weighted by molar-refractivity contribution is 6.00. The Kier molecular flexibility index (Phi) is 8.90. The van der Waals surface area contributed by atoms with Gasteiger partial charge >= 0.3 is 0 Å². The molecule has 0 aromatic heterocycles. The van der Waals surface area contributed by atoms with E-state index in [0.29, 0.717) is 36.4 Å². The maximum Gasteiger partial charge on any atom is 0.257 e. The second-order valence-electron chi connectivity index (χ2n) is 9.73. The summed E-state index contributed by atoms with van der Waals surface area (Å²) in [6.07, 6.45) is 2.11. The van der Waals surface area contributed by atoms with E-state index < -0.39 is 0 Å². The summed E-state index contributed by atoms with van der Waals surface area (Å²) in [5.74, 6) is -0.00107. The van der Waals surface area contributed by atoms with Crippen molar-refractivity contribution in [3.8, 4) is 5.75 Å². The number of nitrogens with one attached hydrogen (secondary N) is 2. The predicted octanol–water partition coefficient (Wildman–Crippen LogP) is 2.12. The zero-order valence-electron chi connectivity index (χ0n) is 20.9. The van der Waals surface area contributed by atoms with Gasteiger partial charge < -0.3 is 29.9 Å². The van der Waals surface area contributed by atoms with Crippen LogP contribution in [0.2, 0.25) is 0 Å². The fraction of sp³-hybridized carbons (Fsp3) is 0.640. The van der Waals surface area contributed by atoms with Crippen molar-refractivity contribution in [3.63, 3.8) is 0 Å². The molecule has 188 valence electrons. The molecule has 0 radical (unpaired) electrons. The maximum atomic E-state index is 13.3. The summed E-state index contributed by atoms with van der Waals surface area (Å²) in [6, 6.07) is 4.96. The molecule has 1 saturated heterocycles. The van der Waals surface area contributed by atoms with E-state index >= 15 is 0 Å². The first-order valence-electron chi connectivity index (χ1n) is 12.1.